The monoisotopic (exact) mass is 653 g/mol. The number of ether oxygens (including phenoxy) is 1. The molecule has 6 nitrogen and oxygen atoms in total. The third-order valence-electron chi connectivity index (χ3n) is 8.77. The fourth-order valence-corrected chi connectivity index (χ4v) is 6.68. The third kappa shape index (κ3) is 7.64. The Morgan fingerprint density at radius 1 is 0.957 bits per heavy atom. The lowest BCUT2D eigenvalue weighted by Crippen LogP contribution is -2.14. The molecule has 0 radical (unpaired) electrons. The number of aliphatic hydroxyl groups is 1. The minimum absolute atomic E-state index is 0.0912. The zero-order valence-electron chi connectivity index (χ0n) is 25.8. The molecule has 0 amide bonds. The number of methoxy groups -OCH3 is 1. The number of aromatic nitrogens is 2. The van der Waals surface area contributed by atoms with Crippen LogP contribution in [0.2, 0.25) is 10.0 Å². The van der Waals surface area contributed by atoms with Crippen molar-refractivity contribution in [2.75, 3.05) is 19.0 Å². The first-order valence-corrected chi connectivity index (χ1v) is 16.4. The van der Waals surface area contributed by atoms with E-state index in [1.165, 1.54) is 32.8 Å². The number of halogens is 2. The average molecular weight is 655 g/mol. The van der Waals surface area contributed by atoms with E-state index in [-0.39, 0.29) is 12.5 Å². The van der Waals surface area contributed by atoms with E-state index in [1.54, 1.807) is 6.07 Å². The molecule has 5 aromatic rings. The lowest BCUT2D eigenvalue weighted by molar-refractivity contribution is -0.138. The van der Waals surface area contributed by atoms with Crippen LogP contribution in [0.1, 0.15) is 55.2 Å². The smallest absolute Gasteiger partial charge is 0.325 e. The van der Waals surface area contributed by atoms with Gasteiger partial charge in [-0.15, -0.1) is 0 Å². The summed E-state index contributed by atoms with van der Waals surface area (Å²) in [4.78, 5) is 16.6. The first kappa shape index (κ1) is 31.9. The summed E-state index contributed by atoms with van der Waals surface area (Å²) in [7, 11) is 1.37. The van der Waals surface area contributed by atoms with Gasteiger partial charge in [0.05, 0.1) is 23.9 Å². The van der Waals surface area contributed by atoms with Crippen molar-refractivity contribution in [2.24, 2.45) is 5.92 Å². The number of nitrogens with zero attached hydrogens (tertiary/aromatic N) is 2. The van der Waals surface area contributed by atoms with Gasteiger partial charge in [-0.3, -0.25) is 4.79 Å². The summed E-state index contributed by atoms with van der Waals surface area (Å²) in [6, 6.07) is 30.1. The van der Waals surface area contributed by atoms with E-state index < -0.39 is 6.10 Å². The summed E-state index contributed by atoms with van der Waals surface area (Å²) in [5.41, 5.74) is 7.62. The molecule has 1 heterocycles. The number of anilines is 1. The summed E-state index contributed by atoms with van der Waals surface area (Å²) in [6.07, 6.45) is 8.08. The van der Waals surface area contributed by atoms with Crippen LogP contribution in [0.5, 0.6) is 0 Å². The molecule has 46 heavy (non-hydrogen) atoms. The van der Waals surface area contributed by atoms with E-state index in [1.807, 2.05) is 42.6 Å². The molecule has 1 fully saturated rings. The average Bonchev–Trinajstić information content (AvgIpc) is 3.74. The Balaban J connectivity index is 1.22. The van der Waals surface area contributed by atoms with Crippen molar-refractivity contribution in [2.45, 2.75) is 44.6 Å². The van der Waals surface area contributed by atoms with Crippen molar-refractivity contribution in [1.82, 2.24) is 9.55 Å². The van der Waals surface area contributed by atoms with Crippen molar-refractivity contribution in [1.29, 1.82) is 0 Å². The molecule has 2 N–H and O–H groups in total. The Morgan fingerprint density at radius 3 is 2.28 bits per heavy atom. The van der Waals surface area contributed by atoms with Gasteiger partial charge in [0, 0.05) is 34.6 Å². The maximum Gasteiger partial charge on any atom is 0.325 e. The van der Waals surface area contributed by atoms with Crippen LogP contribution in [0.3, 0.4) is 0 Å². The molecule has 1 aliphatic carbocycles. The molecule has 236 valence electrons. The summed E-state index contributed by atoms with van der Waals surface area (Å²) in [5, 5.41) is 14.9. The second kappa shape index (κ2) is 14.5. The van der Waals surface area contributed by atoms with E-state index in [9.17, 15) is 9.90 Å². The third-order valence-corrected chi connectivity index (χ3v) is 9.32. The van der Waals surface area contributed by atoms with Gasteiger partial charge in [0.2, 0.25) is 0 Å². The molecule has 1 unspecified atom stereocenters. The van der Waals surface area contributed by atoms with Crippen LogP contribution >= 0.6 is 23.2 Å². The Hall–Kier alpha value is -4.10. The molecule has 0 saturated heterocycles. The molecule has 0 spiro atoms. The van der Waals surface area contributed by atoms with Gasteiger partial charge in [0.15, 0.2) is 0 Å². The van der Waals surface area contributed by atoms with Crippen LogP contribution in [0.25, 0.3) is 28.1 Å². The number of esters is 1. The summed E-state index contributed by atoms with van der Waals surface area (Å²) in [5.74, 6) is 1.16. The van der Waals surface area contributed by atoms with Crippen LogP contribution in [0.4, 0.5) is 5.69 Å². The van der Waals surface area contributed by atoms with E-state index in [4.69, 9.17) is 32.9 Å². The number of benzene rings is 4. The van der Waals surface area contributed by atoms with Gasteiger partial charge >= 0.3 is 5.97 Å². The molecule has 1 saturated carbocycles. The number of imidazole rings is 1. The quantitative estimate of drug-likeness (QED) is 0.139. The number of carbonyl (C=O) groups excluding carboxylic acids is 1. The van der Waals surface area contributed by atoms with Crippen molar-refractivity contribution >= 4 is 34.9 Å². The van der Waals surface area contributed by atoms with Crippen LogP contribution in [0, 0.1) is 5.92 Å². The van der Waals surface area contributed by atoms with Crippen molar-refractivity contribution in [3.8, 4) is 28.1 Å². The Kier molecular flexibility index (Phi) is 10.1. The molecule has 0 bridgehead atoms. The van der Waals surface area contributed by atoms with Crippen LogP contribution in [0.15, 0.2) is 97.2 Å². The Labute approximate surface area is 280 Å². The van der Waals surface area contributed by atoms with Gasteiger partial charge in [-0.2, -0.15) is 0 Å². The van der Waals surface area contributed by atoms with E-state index in [0.717, 1.165) is 57.1 Å². The molecule has 1 atom stereocenters. The first-order valence-electron chi connectivity index (χ1n) is 15.7. The van der Waals surface area contributed by atoms with Gasteiger partial charge in [-0.25, -0.2) is 4.98 Å². The summed E-state index contributed by atoms with van der Waals surface area (Å²) >= 11 is 12.7. The number of rotatable bonds is 11. The van der Waals surface area contributed by atoms with Crippen molar-refractivity contribution in [3.63, 3.8) is 0 Å². The normalized spacial score (nSPS) is 13.9. The predicted octanol–water partition coefficient (Wildman–Crippen LogP) is 9.30. The zero-order valence-corrected chi connectivity index (χ0v) is 27.3. The largest absolute Gasteiger partial charge is 0.468 e. The molecule has 0 aliphatic heterocycles. The molecule has 1 aromatic heterocycles. The molecule has 4 aromatic carbocycles. The lowest BCUT2D eigenvalue weighted by atomic mass is 9.94. The van der Waals surface area contributed by atoms with E-state index in [2.05, 4.69) is 58.4 Å². The number of hydrogen-bond donors (Lipinski definition) is 2. The van der Waals surface area contributed by atoms with Crippen LogP contribution in [-0.4, -0.2) is 34.3 Å². The zero-order chi connectivity index (χ0) is 32.0. The highest BCUT2D eigenvalue weighted by Crippen LogP contribution is 2.34. The van der Waals surface area contributed by atoms with E-state index in [0.29, 0.717) is 22.4 Å². The highest BCUT2D eigenvalue weighted by molar-refractivity contribution is 6.36. The minimum Gasteiger partial charge on any atom is -0.468 e. The highest BCUT2D eigenvalue weighted by atomic mass is 35.5. The second-order valence-electron chi connectivity index (χ2n) is 11.9. The summed E-state index contributed by atoms with van der Waals surface area (Å²) in [6.45, 7) is 0.0912. The first-order chi connectivity index (χ1) is 22.4. The fraction of sp³-hybridized carbons (Fsp3) is 0.263. The van der Waals surface area contributed by atoms with Gasteiger partial charge < -0.3 is 19.7 Å². The highest BCUT2D eigenvalue weighted by Gasteiger charge is 2.20. The van der Waals surface area contributed by atoms with Crippen LogP contribution < -0.4 is 5.32 Å². The standard InChI is InChI=1S/C38H37Cl2N3O3/c1-46-38(45)23-41-31-15-17-32(18-16-31)43-24-35(33-19-14-30(39)22-34(33)40)42-37(43)21-26-6-8-27(9-7-26)28-10-12-29(13-11-28)36(44)20-25-4-2-3-5-25/h6-19,22,24-25,36,41,44H,2-5,20-21,23H2,1H3. The molecule has 8 heteroatoms. The van der Waals surface area contributed by atoms with Crippen molar-refractivity contribution in [3.05, 3.63) is 124 Å². The Morgan fingerprint density at radius 2 is 1.63 bits per heavy atom. The Bertz CT molecular complexity index is 1780. The number of nitrogens with one attached hydrogen (secondary N) is 1. The maximum atomic E-state index is 11.5. The second-order valence-corrected chi connectivity index (χ2v) is 12.8. The van der Waals surface area contributed by atoms with Gasteiger partial charge in [-0.05, 0) is 77.1 Å². The van der Waals surface area contributed by atoms with E-state index >= 15 is 0 Å². The summed E-state index contributed by atoms with van der Waals surface area (Å²) < 4.78 is 6.79. The number of hydrogen-bond acceptors (Lipinski definition) is 5. The van der Waals surface area contributed by atoms with Gasteiger partial charge in [-0.1, -0.05) is 97.4 Å². The molecule has 1 aliphatic rings. The predicted molar refractivity (Wildman–Crippen MR) is 186 cm³/mol. The van der Waals surface area contributed by atoms with Crippen LogP contribution in [-0.2, 0) is 16.0 Å². The topological polar surface area (TPSA) is 76.4 Å². The SMILES string of the molecule is COC(=O)CNc1ccc(-n2cc(-c3ccc(Cl)cc3Cl)nc2Cc2ccc(-c3ccc(C(O)CC4CCCC4)cc3)cc2)cc1. The van der Waals surface area contributed by atoms with Crippen molar-refractivity contribution < 1.29 is 14.6 Å². The number of carbonyl (C=O) groups is 1. The minimum atomic E-state index is -0.400. The fourth-order valence-electron chi connectivity index (χ4n) is 6.17. The molecular weight excluding hydrogens is 617 g/mol. The maximum absolute atomic E-state index is 11.5. The molecule has 6 rings (SSSR count). The number of aliphatic hydroxyl groups excluding tert-OH is 1. The van der Waals surface area contributed by atoms with Gasteiger partial charge in [0.1, 0.15) is 12.4 Å². The lowest BCUT2D eigenvalue weighted by Gasteiger charge is -2.16. The molecular formula is C38H37Cl2N3O3. The van der Waals surface area contributed by atoms with Gasteiger partial charge in [0.25, 0.3) is 0 Å².